The van der Waals surface area contributed by atoms with Gasteiger partial charge in [-0.05, 0) is 73.9 Å². The zero-order valence-corrected chi connectivity index (χ0v) is 29.0. The lowest BCUT2D eigenvalue weighted by Gasteiger charge is -2.46. The summed E-state index contributed by atoms with van der Waals surface area (Å²) in [4.78, 5) is 0. The predicted octanol–water partition coefficient (Wildman–Crippen LogP) is 8.85. The Labute approximate surface area is 276 Å². The lowest BCUT2D eigenvalue weighted by atomic mass is 9.89. The largest absolute Gasteiger partial charge is 0.506 e. The van der Waals surface area contributed by atoms with Crippen LogP contribution in [-0.2, 0) is 30.1 Å². The number of aromatic hydroxyl groups is 1. The molecule has 0 spiro atoms. The molecule has 0 aliphatic carbocycles. The molecular weight excluding hydrogens is 592 g/mol. The van der Waals surface area contributed by atoms with E-state index in [4.69, 9.17) is 40.0 Å². The van der Waals surface area contributed by atoms with Gasteiger partial charge in [-0.2, -0.15) is 0 Å². The van der Waals surface area contributed by atoms with Gasteiger partial charge in [-0.25, -0.2) is 0 Å². The molecule has 0 aromatic heterocycles. The van der Waals surface area contributed by atoms with Crippen LogP contribution < -0.4 is 4.74 Å². The van der Waals surface area contributed by atoms with E-state index in [2.05, 4.69) is 27.7 Å². The standard InChI is InChI=1S/C37H57ClO7/c1-6-11-19-40-26-32-35(42-20-12-7-2)37(44-22-14-9-4)36(43-21-13-8-3)34(45-32)29-24-28(33(38)31(39)25-29)23-27-15-17-30(18-16-27)41-10-5/h15-18,24-25,32,34-37,39H,6-14,19-23,26H2,1-5H3/t32-,34+,35-,36+,37+/m1/s1. The summed E-state index contributed by atoms with van der Waals surface area (Å²) in [7, 11) is 0. The molecular formula is C37H57ClO7. The molecule has 2 aromatic rings. The molecule has 1 N–H and O–H groups in total. The lowest BCUT2D eigenvalue weighted by molar-refractivity contribution is -0.268. The number of hydrogen-bond donors (Lipinski definition) is 1. The summed E-state index contributed by atoms with van der Waals surface area (Å²) in [6, 6.07) is 11.7. The number of ether oxygens (including phenoxy) is 6. The van der Waals surface area contributed by atoms with Crippen molar-refractivity contribution in [3.8, 4) is 11.5 Å². The molecule has 1 fully saturated rings. The summed E-state index contributed by atoms with van der Waals surface area (Å²) in [5.74, 6) is 0.843. The molecule has 0 amide bonds. The molecule has 0 saturated carbocycles. The molecule has 3 rings (SSSR count). The number of benzene rings is 2. The zero-order chi connectivity index (χ0) is 32.4. The average Bonchev–Trinajstić information content (AvgIpc) is 3.04. The minimum Gasteiger partial charge on any atom is -0.506 e. The van der Waals surface area contributed by atoms with Gasteiger partial charge in [0.2, 0.25) is 0 Å². The number of hydrogen-bond acceptors (Lipinski definition) is 7. The molecule has 8 heteroatoms. The summed E-state index contributed by atoms with van der Waals surface area (Å²) in [6.07, 6.45) is 6.44. The smallest absolute Gasteiger partial charge is 0.134 e. The summed E-state index contributed by atoms with van der Waals surface area (Å²) < 4.78 is 38.4. The van der Waals surface area contributed by atoms with Gasteiger partial charge in [-0.15, -0.1) is 0 Å². The highest BCUT2D eigenvalue weighted by atomic mass is 35.5. The molecule has 1 heterocycles. The van der Waals surface area contributed by atoms with E-state index in [0.29, 0.717) is 51.1 Å². The number of halogens is 1. The second kappa shape index (κ2) is 21.1. The van der Waals surface area contributed by atoms with Gasteiger partial charge in [0.15, 0.2) is 0 Å². The van der Waals surface area contributed by atoms with Crippen molar-refractivity contribution < 1.29 is 33.5 Å². The normalized spacial score (nSPS) is 21.7. The highest BCUT2D eigenvalue weighted by Gasteiger charge is 2.49. The van der Waals surface area contributed by atoms with Crippen molar-refractivity contribution in [2.24, 2.45) is 0 Å². The lowest BCUT2D eigenvalue weighted by Crippen LogP contribution is -2.58. The van der Waals surface area contributed by atoms with Crippen molar-refractivity contribution in [2.45, 2.75) is 123 Å². The van der Waals surface area contributed by atoms with Crippen LogP contribution in [-0.4, -0.2) is 69.2 Å². The van der Waals surface area contributed by atoms with Crippen molar-refractivity contribution in [1.29, 1.82) is 0 Å². The van der Waals surface area contributed by atoms with Crippen LogP contribution in [0.15, 0.2) is 36.4 Å². The molecule has 0 unspecified atom stereocenters. The first kappa shape index (κ1) is 37.6. The van der Waals surface area contributed by atoms with Crippen molar-refractivity contribution in [3.63, 3.8) is 0 Å². The van der Waals surface area contributed by atoms with Crippen molar-refractivity contribution in [2.75, 3.05) is 39.6 Å². The average molecular weight is 649 g/mol. The maximum absolute atomic E-state index is 11.1. The van der Waals surface area contributed by atoms with Crippen molar-refractivity contribution in [3.05, 3.63) is 58.1 Å². The summed E-state index contributed by atoms with van der Waals surface area (Å²) in [6.45, 7) is 14.1. The Hall–Kier alpha value is -1.87. The summed E-state index contributed by atoms with van der Waals surface area (Å²) in [5.41, 5.74) is 2.67. The van der Waals surface area contributed by atoms with Gasteiger partial charge < -0.3 is 33.5 Å². The molecule has 1 aliphatic heterocycles. The van der Waals surface area contributed by atoms with Gasteiger partial charge in [0, 0.05) is 26.4 Å². The first-order valence-electron chi connectivity index (χ1n) is 17.3. The minimum absolute atomic E-state index is 0.0199. The molecule has 254 valence electrons. The fourth-order valence-corrected chi connectivity index (χ4v) is 5.68. The third kappa shape index (κ3) is 11.7. The fraction of sp³-hybridized carbons (Fsp3) is 0.676. The maximum Gasteiger partial charge on any atom is 0.134 e. The van der Waals surface area contributed by atoms with E-state index in [0.717, 1.165) is 73.8 Å². The molecule has 2 aromatic carbocycles. The van der Waals surface area contributed by atoms with E-state index in [1.807, 2.05) is 37.3 Å². The molecule has 45 heavy (non-hydrogen) atoms. The second-order valence-corrected chi connectivity index (χ2v) is 12.2. The molecule has 5 atom stereocenters. The first-order valence-corrected chi connectivity index (χ1v) is 17.7. The Morgan fingerprint density at radius 3 is 1.91 bits per heavy atom. The predicted molar refractivity (Wildman–Crippen MR) is 181 cm³/mol. The van der Waals surface area contributed by atoms with E-state index >= 15 is 0 Å². The monoisotopic (exact) mass is 648 g/mol. The quantitative estimate of drug-likeness (QED) is 0.128. The second-order valence-electron chi connectivity index (χ2n) is 11.9. The van der Waals surface area contributed by atoms with Crippen LogP contribution in [0.3, 0.4) is 0 Å². The summed E-state index contributed by atoms with van der Waals surface area (Å²) >= 11 is 6.70. The van der Waals surface area contributed by atoms with Crippen LogP contribution in [0.1, 0.15) is 109 Å². The van der Waals surface area contributed by atoms with E-state index < -0.39 is 12.2 Å². The SMILES string of the molecule is CCCCOC[C@H]1O[C@@H](c2cc(O)c(Cl)c(Cc3ccc(OCC)cc3)c2)[C@H](OCCCC)[C@@H](OCCCC)[C@@H]1OCCCC. The van der Waals surface area contributed by atoms with Crippen LogP contribution in [0, 0.1) is 0 Å². The highest BCUT2D eigenvalue weighted by molar-refractivity contribution is 6.32. The third-order valence-corrected chi connectivity index (χ3v) is 8.53. The number of phenolic OH excluding ortho intramolecular Hbond substituents is 1. The zero-order valence-electron chi connectivity index (χ0n) is 28.2. The van der Waals surface area contributed by atoms with Crippen LogP contribution in [0.2, 0.25) is 5.02 Å². The Morgan fingerprint density at radius 1 is 0.733 bits per heavy atom. The van der Waals surface area contributed by atoms with E-state index in [1.165, 1.54) is 0 Å². The van der Waals surface area contributed by atoms with Gasteiger partial charge in [0.05, 0.1) is 18.2 Å². The Morgan fingerprint density at radius 2 is 1.31 bits per heavy atom. The number of rotatable bonds is 22. The van der Waals surface area contributed by atoms with E-state index in [-0.39, 0.29) is 24.1 Å². The Balaban J connectivity index is 2.01. The minimum atomic E-state index is -0.512. The first-order chi connectivity index (χ1) is 22.0. The van der Waals surface area contributed by atoms with Crippen molar-refractivity contribution >= 4 is 11.6 Å². The fourth-order valence-electron chi connectivity index (χ4n) is 5.50. The van der Waals surface area contributed by atoms with Crippen LogP contribution in [0.25, 0.3) is 0 Å². The van der Waals surface area contributed by atoms with Crippen molar-refractivity contribution in [1.82, 2.24) is 0 Å². The van der Waals surface area contributed by atoms with Gasteiger partial charge in [-0.3, -0.25) is 0 Å². The van der Waals surface area contributed by atoms with Gasteiger partial charge >= 0.3 is 0 Å². The van der Waals surface area contributed by atoms with E-state index in [9.17, 15) is 5.11 Å². The van der Waals surface area contributed by atoms with Gasteiger partial charge in [0.1, 0.15) is 42.0 Å². The highest BCUT2D eigenvalue weighted by Crippen LogP contribution is 2.41. The Kier molecular flexibility index (Phi) is 17.6. The number of phenols is 1. The molecule has 0 radical (unpaired) electrons. The molecule has 1 saturated heterocycles. The van der Waals surface area contributed by atoms with Crippen LogP contribution >= 0.6 is 11.6 Å². The van der Waals surface area contributed by atoms with Crippen LogP contribution in [0.4, 0.5) is 0 Å². The summed E-state index contributed by atoms with van der Waals surface area (Å²) in [5, 5.41) is 11.4. The topological polar surface area (TPSA) is 75.6 Å². The van der Waals surface area contributed by atoms with Gasteiger partial charge in [-0.1, -0.05) is 83.2 Å². The number of unbranched alkanes of at least 4 members (excludes halogenated alkanes) is 4. The third-order valence-electron chi connectivity index (χ3n) is 8.09. The maximum atomic E-state index is 11.1. The van der Waals surface area contributed by atoms with Gasteiger partial charge in [0.25, 0.3) is 0 Å². The van der Waals surface area contributed by atoms with Crippen LogP contribution in [0.5, 0.6) is 11.5 Å². The molecule has 7 nitrogen and oxygen atoms in total. The Bertz CT molecular complexity index is 1080. The molecule has 1 aliphatic rings. The molecule has 0 bridgehead atoms. The van der Waals surface area contributed by atoms with E-state index in [1.54, 1.807) is 6.07 Å².